The average Bonchev–Trinajstić information content (AvgIpc) is 3.40. The number of aromatic nitrogens is 3. The molecule has 0 spiro atoms. The zero-order valence-corrected chi connectivity index (χ0v) is 20.3. The fourth-order valence-corrected chi connectivity index (χ4v) is 5.33. The SMILES string of the molecule is CC[C@H]1CCCCN1CCCNC(=O)c1cccc(Cn2c(=O)c3cccn3c3cccnc32)c1. The number of carbonyl (C=O) groups is 1. The first kappa shape index (κ1) is 23.3. The van der Waals surface area contributed by atoms with Gasteiger partial charge in [0.2, 0.25) is 0 Å². The summed E-state index contributed by atoms with van der Waals surface area (Å²) in [6.07, 6.45) is 9.63. The van der Waals surface area contributed by atoms with E-state index in [0.29, 0.717) is 35.9 Å². The number of hydrogen-bond acceptors (Lipinski definition) is 4. The van der Waals surface area contributed by atoms with E-state index in [-0.39, 0.29) is 11.5 Å². The van der Waals surface area contributed by atoms with Gasteiger partial charge < -0.3 is 14.6 Å². The van der Waals surface area contributed by atoms with E-state index in [1.165, 1.54) is 32.2 Å². The number of likely N-dealkylation sites (tertiary alicyclic amines) is 1. The molecule has 0 bridgehead atoms. The van der Waals surface area contributed by atoms with Crippen molar-refractivity contribution < 1.29 is 4.79 Å². The standard InChI is InChI=1S/C28H33N5O2/c1-2-23-11-3-4-16-31(23)17-8-15-30-27(34)22-10-5-9-21(19-22)20-33-26-24(12-6-14-29-26)32-18-7-13-25(32)28(33)35/h5-7,9-10,12-14,18-19,23H,2-4,8,11,15-17,20H2,1H3,(H,30,34)/t23-/m0/s1. The van der Waals surface area contributed by atoms with Crippen LogP contribution < -0.4 is 10.9 Å². The van der Waals surface area contributed by atoms with E-state index in [1.807, 2.05) is 59.1 Å². The predicted molar refractivity (Wildman–Crippen MR) is 139 cm³/mol. The molecule has 3 aromatic heterocycles. The summed E-state index contributed by atoms with van der Waals surface area (Å²) in [5.74, 6) is -0.0742. The van der Waals surface area contributed by atoms with Gasteiger partial charge in [-0.25, -0.2) is 4.98 Å². The molecule has 1 fully saturated rings. The fraction of sp³-hybridized carbons (Fsp3) is 0.393. The minimum atomic E-state index is -0.0980. The molecule has 1 aliphatic heterocycles. The Morgan fingerprint density at radius 3 is 2.89 bits per heavy atom. The molecule has 1 saturated heterocycles. The van der Waals surface area contributed by atoms with Crippen LogP contribution in [0.15, 0.2) is 65.7 Å². The number of hydrogen-bond donors (Lipinski definition) is 1. The molecule has 1 N–H and O–H groups in total. The van der Waals surface area contributed by atoms with E-state index in [4.69, 9.17) is 0 Å². The van der Waals surface area contributed by atoms with Crippen LogP contribution in [0.2, 0.25) is 0 Å². The van der Waals surface area contributed by atoms with Crippen molar-refractivity contribution in [3.05, 3.63) is 82.4 Å². The van der Waals surface area contributed by atoms with Gasteiger partial charge in [0.15, 0.2) is 5.65 Å². The Morgan fingerprint density at radius 2 is 2.00 bits per heavy atom. The first-order valence-electron chi connectivity index (χ1n) is 12.7. The number of nitrogens with one attached hydrogen (secondary N) is 1. The third-order valence-corrected chi connectivity index (χ3v) is 7.15. The molecule has 4 heterocycles. The number of pyridine rings is 1. The van der Waals surface area contributed by atoms with Crippen LogP contribution in [-0.4, -0.2) is 50.4 Å². The van der Waals surface area contributed by atoms with Gasteiger partial charge in [0.25, 0.3) is 11.5 Å². The number of nitrogens with zero attached hydrogens (tertiary/aromatic N) is 4. The van der Waals surface area contributed by atoms with Gasteiger partial charge in [-0.2, -0.15) is 0 Å². The third kappa shape index (κ3) is 4.86. The van der Waals surface area contributed by atoms with Crippen molar-refractivity contribution >= 4 is 22.6 Å². The Morgan fingerprint density at radius 1 is 1.11 bits per heavy atom. The van der Waals surface area contributed by atoms with Crippen molar-refractivity contribution in [1.82, 2.24) is 24.2 Å². The zero-order valence-electron chi connectivity index (χ0n) is 20.3. The number of amides is 1. The lowest BCUT2D eigenvalue weighted by molar-refractivity contribution is 0.0947. The fourth-order valence-electron chi connectivity index (χ4n) is 5.33. The first-order valence-corrected chi connectivity index (χ1v) is 12.7. The van der Waals surface area contributed by atoms with E-state index < -0.39 is 0 Å². The summed E-state index contributed by atoms with van der Waals surface area (Å²) in [6, 6.07) is 15.7. The number of piperidine rings is 1. The Balaban J connectivity index is 1.27. The molecule has 0 saturated carbocycles. The molecule has 5 rings (SSSR count). The van der Waals surface area contributed by atoms with Crippen molar-refractivity contribution in [2.75, 3.05) is 19.6 Å². The van der Waals surface area contributed by atoms with Crippen molar-refractivity contribution in [3.63, 3.8) is 0 Å². The zero-order chi connectivity index (χ0) is 24.2. The lowest BCUT2D eigenvalue weighted by atomic mass is 10.00. The Bertz CT molecular complexity index is 1390. The average molecular weight is 472 g/mol. The van der Waals surface area contributed by atoms with Crippen molar-refractivity contribution in [1.29, 1.82) is 0 Å². The molecule has 7 heteroatoms. The van der Waals surface area contributed by atoms with Gasteiger partial charge in [-0.1, -0.05) is 25.5 Å². The van der Waals surface area contributed by atoms with E-state index in [2.05, 4.69) is 22.1 Å². The summed E-state index contributed by atoms with van der Waals surface area (Å²) in [4.78, 5) is 33.1. The Labute approximate surface area is 205 Å². The van der Waals surface area contributed by atoms with Gasteiger partial charge >= 0.3 is 0 Å². The first-order chi connectivity index (χ1) is 17.2. The number of rotatable bonds is 8. The van der Waals surface area contributed by atoms with Crippen LogP contribution in [0, 0.1) is 0 Å². The second-order valence-electron chi connectivity index (χ2n) is 9.40. The normalized spacial score (nSPS) is 16.7. The molecule has 0 unspecified atom stereocenters. The maximum atomic E-state index is 13.2. The highest BCUT2D eigenvalue weighted by Gasteiger charge is 2.20. The molecular formula is C28H33N5O2. The number of carbonyl (C=O) groups excluding carboxylic acids is 1. The van der Waals surface area contributed by atoms with Gasteiger partial charge in [-0.05, 0) is 74.2 Å². The maximum Gasteiger partial charge on any atom is 0.276 e. The molecule has 7 nitrogen and oxygen atoms in total. The largest absolute Gasteiger partial charge is 0.352 e. The lowest BCUT2D eigenvalue weighted by Crippen LogP contribution is -2.40. The van der Waals surface area contributed by atoms with Crippen LogP contribution in [0.3, 0.4) is 0 Å². The second kappa shape index (κ2) is 10.4. The van der Waals surface area contributed by atoms with Gasteiger partial charge in [0, 0.05) is 37.1 Å². The van der Waals surface area contributed by atoms with E-state index in [0.717, 1.165) is 24.0 Å². The summed E-state index contributed by atoms with van der Waals surface area (Å²) in [7, 11) is 0. The van der Waals surface area contributed by atoms with Gasteiger partial charge in [0.05, 0.1) is 12.1 Å². The topological polar surface area (TPSA) is 71.6 Å². The monoisotopic (exact) mass is 471 g/mol. The van der Waals surface area contributed by atoms with Crippen molar-refractivity contribution in [2.45, 2.75) is 51.6 Å². The minimum Gasteiger partial charge on any atom is -0.352 e. The molecule has 1 aromatic carbocycles. The molecule has 1 atom stereocenters. The number of benzene rings is 1. The minimum absolute atomic E-state index is 0.0742. The summed E-state index contributed by atoms with van der Waals surface area (Å²) in [5, 5.41) is 3.07. The second-order valence-corrected chi connectivity index (χ2v) is 9.40. The van der Waals surface area contributed by atoms with Crippen LogP contribution in [0.1, 0.15) is 54.9 Å². The molecular weight excluding hydrogens is 438 g/mol. The van der Waals surface area contributed by atoms with Gasteiger partial charge in [0.1, 0.15) is 5.52 Å². The molecule has 4 aromatic rings. The van der Waals surface area contributed by atoms with Crippen LogP contribution in [-0.2, 0) is 6.54 Å². The highest BCUT2D eigenvalue weighted by atomic mass is 16.1. The summed E-state index contributed by atoms with van der Waals surface area (Å²) in [6.45, 7) is 5.48. The van der Waals surface area contributed by atoms with Crippen LogP contribution >= 0.6 is 0 Å². The van der Waals surface area contributed by atoms with Crippen LogP contribution in [0.5, 0.6) is 0 Å². The van der Waals surface area contributed by atoms with Gasteiger partial charge in [-0.15, -0.1) is 0 Å². The van der Waals surface area contributed by atoms with Gasteiger partial charge in [-0.3, -0.25) is 14.2 Å². The highest BCUT2D eigenvalue weighted by Crippen LogP contribution is 2.19. The summed E-state index contributed by atoms with van der Waals surface area (Å²) >= 11 is 0. The van der Waals surface area contributed by atoms with E-state index >= 15 is 0 Å². The Hall–Kier alpha value is -3.45. The lowest BCUT2D eigenvalue weighted by Gasteiger charge is -2.35. The molecule has 0 radical (unpaired) electrons. The van der Waals surface area contributed by atoms with E-state index in [1.54, 1.807) is 10.8 Å². The van der Waals surface area contributed by atoms with Crippen LogP contribution in [0.4, 0.5) is 0 Å². The molecule has 182 valence electrons. The molecule has 1 aliphatic rings. The third-order valence-electron chi connectivity index (χ3n) is 7.15. The molecule has 1 amide bonds. The molecule has 35 heavy (non-hydrogen) atoms. The Kier molecular flexibility index (Phi) is 6.95. The van der Waals surface area contributed by atoms with Crippen molar-refractivity contribution in [3.8, 4) is 0 Å². The number of fused-ring (bicyclic) bond motifs is 3. The highest BCUT2D eigenvalue weighted by molar-refractivity contribution is 5.94. The predicted octanol–water partition coefficient (Wildman–Crippen LogP) is 4.08. The smallest absolute Gasteiger partial charge is 0.276 e. The van der Waals surface area contributed by atoms with Crippen molar-refractivity contribution in [2.24, 2.45) is 0 Å². The van der Waals surface area contributed by atoms with Crippen LogP contribution in [0.25, 0.3) is 16.7 Å². The summed E-state index contributed by atoms with van der Waals surface area (Å²) in [5.41, 5.74) is 3.51. The quantitative estimate of drug-likeness (QED) is 0.393. The van der Waals surface area contributed by atoms with E-state index in [9.17, 15) is 9.59 Å². The molecule has 0 aliphatic carbocycles. The summed E-state index contributed by atoms with van der Waals surface area (Å²) < 4.78 is 3.56. The maximum absolute atomic E-state index is 13.2.